The maximum absolute atomic E-state index is 13.6. The first-order valence-electron chi connectivity index (χ1n) is 12.2. The third-order valence-corrected chi connectivity index (χ3v) is 7.03. The van der Waals surface area contributed by atoms with Crippen molar-refractivity contribution in [3.63, 3.8) is 0 Å². The van der Waals surface area contributed by atoms with Gasteiger partial charge in [0.05, 0.1) is 16.9 Å². The zero-order valence-electron chi connectivity index (χ0n) is 21.1. The van der Waals surface area contributed by atoms with Crippen LogP contribution >= 0.6 is 0 Å². The number of anilines is 1. The van der Waals surface area contributed by atoms with Gasteiger partial charge in [0.1, 0.15) is 5.82 Å². The van der Waals surface area contributed by atoms with Crippen LogP contribution in [0.3, 0.4) is 0 Å². The number of carbonyl (C=O) groups excluding carboxylic acids is 2. The number of halogens is 1. The Kier molecular flexibility index (Phi) is 6.12. The fraction of sp³-hybridized carbons (Fsp3) is 0.267. The van der Waals surface area contributed by atoms with Crippen LogP contribution in [-0.4, -0.2) is 41.4 Å². The Morgan fingerprint density at radius 1 is 0.972 bits per heavy atom. The highest BCUT2D eigenvalue weighted by atomic mass is 19.1. The largest absolute Gasteiger partial charge is 0.331 e. The molecule has 3 aromatic carbocycles. The molecule has 4 aromatic rings. The summed E-state index contributed by atoms with van der Waals surface area (Å²) < 4.78 is 15.6. The van der Waals surface area contributed by atoms with Gasteiger partial charge in [0, 0.05) is 44.6 Å². The molecule has 6 heteroatoms. The summed E-state index contributed by atoms with van der Waals surface area (Å²) in [6.07, 6.45) is 2.04. The maximum atomic E-state index is 13.6. The van der Waals surface area contributed by atoms with Crippen molar-refractivity contribution in [2.75, 3.05) is 19.0 Å². The zero-order valence-corrected chi connectivity index (χ0v) is 21.1. The third kappa shape index (κ3) is 4.28. The van der Waals surface area contributed by atoms with Crippen LogP contribution in [-0.2, 0) is 6.54 Å². The zero-order chi connectivity index (χ0) is 25.6. The van der Waals surface area contributed by atoms with Gasteiger partial charge in [-0.3, -0.25) is 9.69 Å². The first-order valence-corrected chi connectivity index (χ1v) is 12.2. The van der Waals surface area contributed by atoms with Crippen molar-refractivity contribution in [2.24, 2.45) is 0 Å². The van der Waals surface area contributed by atoms with Gasteiger partial charge in [-0.05, 0) is 49.1 Å². The molecule has 0 bridgehead atoms. The molecule has 5 nitrogen and oxygen atoms in total. The number of urea groups is 1. The van der Waals surface area contributed by atoms with Crippen molar-refractivity contribution < 1.29 is 14.0 Å². The summed E-state index contributed by atoms with van der Waals surface area (Å²) in [6, 6.07) is 20.5. The second kappa shape index (κ2) is 9.26. The highest BCUT2D eigenvalue weighted by Crippen LogP contribution is 2.40. The van der Waals surface area contributed by atoms with Crippen LogP contribution in [0.1, 0.15) is 41.4 Å². The molecule has 0 N–H and O–H groups in total. The van der Waals surface area contributed by atoms with E-state index < -0.39 is 0 Å². The van der Waals surface area contributed by atoms with Gasteiger partial charge < -0.3 is 9.47 Å². The molecule has 0 saturated heterocycles. The molecule has 2 amide bonds. The predicted molar refractivity (Wildman–Crippen MR) is 142 cm³/mol. The lowest BCUT2D eigenvalue weighted by Gasteiger charge is -2.26. The topological polar surface area (TPSA) is 45.6 Å². The average molecular weight is 484 g/mol. The standard InChI is InChI=1S/C30H30FN3O2/c1-19-8-12-22(13-9-19)27-25-6-5-7-26(33(4)30(36)32(3)24-16-17-24)29(25)34(28(27)20(2)35)18-21-10-14-23(31)15-11-21/h5-15,24H,16-18H2,1-4H3. The summed E-state index contributed by atoms with van der Waals surface area (Å²) in [4.78, 5) is 30.0. The summed E-state index contributed by atoms with van der Waals surface area (Å²) in [5, 5.41) is 0.900. The minimum Gasteiger partial charge on any atom is -0.331 e. The van der Waals surface area contributed by atoms with E-state index in [1.165, 1.54) is 12.1 Å². The lowest BCUT2D eigenvalue weighted by Crippen LogP contribution is -2.40. The number of Topliss-reactive ketones (excluding diaryl/α,β-unsaturated/α-hetero) is 1. The van der Waals surface area contributed by atoms with Gasteiger partial charge in [-0.2, -0.15) is 0 Å². The highest BCUT2D eigenvalue weighted by Gasteiger charge is 2.33. The Balaban J connectivity index is 1.77. The van der Waals surface area contributed by atoms with Gasteiger partial charge >= 0.3 is 6.03 Å². The molecule has 36 heavy (non-hydrogen) atoms. The summed E-state index contributed by atoms with van der Waals surface area (Å²) in [5.74, 6) is -0.378. The molecular weight excluding hydrogens is 453 g/mol. The van der Waals surface area contributed by atoms with Crippen LogP contribution < -0.4 is 4.90 Å². The van der Waals surface area contributed by atoms with E-state index in [1.54, 1.807) is 35.9 Å². The quantitative estimate of drug-likeness (QED) is 0.288. The summed E-state index contributed by atoms with van der Waals surface area (Å²) in [6.45, 7) is 3.97. The average Bonchev–Trinajstić information content (AvgIpc) is 3.67. The number of fused-ring (bicyclic) bond motifs is 1. The number of nitrogens with zero attached hydrogens (tertiary/aromatic N) is 3. The van der Waals surface area contributed by atoms with Crippen LogP contribution in [0.25, 0.3) is 22.0 Å². The number of hydrogen-bond acceptors (Lipinski definition) is 2. The molecule has 1 aliphatic carbocycles. The molecule has 0 radical (unpaired) electrons. The number of carbonyl (C=O) groups is 2. The highest BCUT2D eigenvalue weighted by molar-refractivity contribution is 6.14. The molecule has 0 atom stereocenters. The van der Waals surface area contributed by atoms with Gasteiger partial charge in [0.2, 0.25) is 0 Å². The number of aryl methyl sites for hydroxylation is 1. The first kappa shape index (κ1) is 23.8. The Morgan fingerprint density at radius 3 is 2.25 bits per heavy atom. The fourth-order valence-corrected chi connectivity index (χ4v) is 4.93. The van der Waals surface area contributed by atoms with Gasteiger partial charge in [-0.15, -0.1) is 0 Å². The Bertz CT molecular complexity index is 1450. The molecule has 184 valence electrons. The molecule has 1 aliphatic rings. The number of aromatic nitrogens is 1. The molecule has 1 saturated carbocycles. The molecule has 0 aliphatic heterocycles. The van der Waals surface area contributed by atoms with Crippen LogP contribution in [0.5, 0.6) is 0 Å². The van der Waals surface area contributed by atoms with E-state index >= 15 is 0 Å². The van der Waals surface area contributed by atoms with Gasteiger partial charge in [0.15, 0.2) is 5.78 Å². The van der Waals surface area contributed by atoms with Crippen molar-refractivity contribution in [2.45, 2.75) is 39.3 Å². The molecule has 0 spiro atoms. The maximum Gasteiger partial charge on any atom is 0.324 e. The van der Waals surface area contributed by atoms with Crippen molar-refractivity contribution in [1.29, 1.82) is 0 Å². The predicted octanol–water partition coefficient (Wildman–Crippen LogP) is 6.66. The SMILES string of the molecule is CC(=O)c1c(-c2ccc(C)cc2)c2cccc(N(C)C(=O)N(C)C3CC3)c2n1Cc1ccc(F)cc1. The van der Waals surface area contributed by atoms with E-state index in [2.05, 4.69) is 0 Å². The van der Waals surface area contributed by atoms with Gasteiger partial charge in [-0.1, -0.05) is 54.1 Å². The van der Waals surface area contributed by atoms with Crippen molar-refractivity contribution >= 4 is 28.4 Å². The van der Waals surface area contributed by atoms with Crippen LogP contribution in [0, 0.1) is 12.7 Å². The Morgan fingerprint density at radius 2 is 1.64 bits per heavy atom. The lowest BCUT2D eigenvalue weighted by molar-refractivity contribution is 0.101. The molecule has 5 rings (SSSR count). The number of amides is 2. The number of hydrogen-bond donors (Lipinski definition) is 0. The number of ketones is 1. The normalized spacial score (nSPS) is 13.1. The van der Waals surface area contributed by atoms with E-state index in [-0.39, 0.29) is 23.7 Å². The van der Waals surface area contributed by atoms with Gasteiger partial charge in [0.25, 0.3) is 0 Å². The summed E-state index contributed by atoms with van der Waals surface area (Å²) in [5.41, 5.74) is 5.89. The lowest BCUT2D eigenvalue weighted by atomic mass is 9.99. The van der Waals surface area contributed by atoms with E-state index in [0.717, 1.165) is 51.7 Å². The summed E-state index contributed by atoms with van der Waals surface area (Å²) >= 11 is 0. The van der Waals surface area contributed by atoms with Crippen molar-refractivity contribution in [3.8, 4) is 11.1 Å². The fourth-order valence-electron chi connectivity index (χ4n) is 4.93. The summed E-state index contributed by atoms with van der Waals surface area (Å²) in [7, 11) is 3.62. The van der Waals surface area contributed by atoms with Crippen molar-refractivity contribution in [1.82, 2.24) is 9.47 Å². The second-order valence-corrected chi connectivity index (χ2v) is 9.72. The van der Waals surface area contributed by atoms with Gasteiger partial charge in [-0.25, -0.2) is 9.18 Å². The van der Waals surface area contributed by atoms with Crippen LogP contribution in [0.2, 0.25) is 0 Å². The molecule has 1 heterocycles. The Hall–Kier alpha value is -3.93. The molecule has 1 fully saturated rings. The Labute approximate surface area is 210 Å². The van der Waals surface area contributed by atoms with E-state index in [1.807, 2.05) is 61.0 Å². The number of rotatable bonds is 6. The van der Waals surface area contributed by atoms with E-state index in [4.69, 9.17) is 0 Å². The minimum atomic E-state index is -0.308. The number of benzene rings is 3. The first-order chi connectivity index (χ1) is 17.3. The third-order valence-electron chi connectivity index (χ3n) is 7.03. The van der Waals surface area contributed by atoms with Crippen molar-refractivity contribution in [3.05, 3.63) is 89.4 Å². The smallest absolute Gasteiger partial charge is 0.324 e. The minimum absolute atomic E-state index is 0.0704. The van der Waals surface area contributed by atoms with E-state index in [0.29, 0.717) is 12.2 Å². The number of para-hydroxylation sites is 1. The molecule has 1 aromatic heterocycles. The van der Waals surface area contributed by atoms with E-state index in [9.17, 15) is 14.0 Å². The van der Waals surface area contributed by atoms with Crippen LogP contribution in [0.15, 0.2) is 66.7 Å². The monoisotopic (exact) mass is 483 g/mol. The van der Waals surface area contributed by atoms with Crippen LogP contribution in [0.4, 0.5) is 14.9 Å². The molecule has 0 unspecified atom stereocenters. The molecular formula is C30H30FN3O2. The second-order valence-electron chi connectivity index (χ2n) is 9.72.